The van der Waals surface area contributed by atoms with Gasteiger partial charge in [0.1, 0.15) is 11.4 Å². The molecule has 0 aliphatic heterocycles. The molecule has 0 saturated heterocycles. The molecule has 0 spiro atoms. The van der Waals surface area contributed by atoms with E-state index in [1.54, 1.807) is 30.5 Å². The molecule has 6 heteroatoms. The number of imidazole rings is 1. The van der Waals surface area contributed by atoms with Crippen molar-refractivity contribution in [3.63, 3.8) is 0 Å². The van der Waals surface area contributed by atoms with Crippen LogP contribution in [0.2, 0.25) is 0 Å². The van der Waals surface area contributed by atoms with Gasteiger partial charge in [-0.2, -0.15) is 0 Å². The highest BCUT2D eigenvalue weighted by Gasteiger charge is 2.37. The van der Waals surface area contributed by atoms with Gasteiger partial charge in [-0.25, -0.2) is 9.78 Å². The van der Waals surface area contributed by atoms with E-state index in [4.69, 9.17) is 10.8 Å². The Hall–Kier alpha value is -2.37. The number of fused-ring (bicyclic) bond motifs is 1. The summed E-state index contributed by atoms with van der Waals surface area (Å²) < 4.78 is 1.80. The number of nitrogens with two attached hydrogens (primary N) is 1. The standard InChI is InChI=1S/C15H17N3O3/c1-15(2,14(16)21)18-11-7-9(13(19)20)5-6-10(11)17-12(18)8-3-4-8/h5-8H,3-4H2,1-2H3,(H2,16,21)(H,19,20). The van der Waals surface area contributed by atoms with Gasteiger partial charge in [-0.1, -0.05) is 0 Å². The lowest BCUT2D eigenvalue weighted by molar-refractivity contribution is -0.125. The average molecular weight is 287 g/mol. The zero-order valence-electron chi connectivity index (χ0n) is 12.0. The summed E-state index contributed by atoms with van der Waals surface area (Å²) in [5.74, 6) is -0.334. The Labute approximate surface area is 121 Å². The molecule has 2 aromatic rings. The molecule has 1 aromatic heterocycles. The summed E-state index contributed by atoms with van der Waals surface area (Å²) >= 11 is 0. The van der Waals surface area contributed by atoms with Crippen molar-refractivity contribution >= 4 is 22.9 Å². The molecule has 1 fully saturated rings. The summed E-state index contributed by atoms with van der Waals surface area (Å²) in [6, 6.07) is 4.76. The summed E-state index contributed by atoms with van der Waals surface area (Å²) in [6.07, 6.45) is 2.06. The molecule has 1 aromatic carbocycles. The number of carbonyl (C=O) groups excluding carboxylic acids is 1. The number of aromatic nitrogens is 2. The van der Waals surface area contributed by atoms with Crippen LogP contribution in [0.4, 0.5) is 0 Å². The van der Waals surface area contributed by atoms with Crippen molar-refractivity contribution < 1.29 is 14.7 Å². The van der Waals surface area contributed by atoms with Crippen LogP contribution < -0.4 is 5.73 Å². The fourth-order valence-corrected chi connectivity index (χ4v) is 2.54. The first-order valence-corrected chi connectivity index (χ1v) is 6.88. The van der Waals surface area contributed by atoms with Crippen LogP contribution >= 0.6 is 0 Å². The van der Waals surface area contributed by atoms with Gasteiger partial charge in [-0.3, -0.25) is 4.79 Å². The highest BCUT2D eigenvalue weighted by atomic mass is 16.4. The maximum atomic E-state index is 11.8. The molecule has 3 rings (SSSR count). The number of nitrogens with zero attached hydrogens (tertiary/aromatic N) is 2. The first-order chi connectivity index (χ1) is 9.82. The molecule has 1 heterocycles. The number of primary amides is 1. The van der Waals surface area contributed by atoms with Gasteiger partial charge in [0, 0.05) is 5.92 Å². The predicted molar refractivity (Wildman–Crippen MR) is 77.2 cm³/mol. The van der Waals surface area contributed by atoms with E-state index in [9.17, 15) is 9.59 Å². The van der Waals surface area contributed by atoms with Crippen molar-refractivity contribution in [2.45, 2.75) is 38.1 Å². The number of rotatable bonds is 4. The topological polar surface area (TPSA) is 98.2 Å². The lowest BCUT2D eigenvalue weighted by atomic mass is 10.0. The zero-order valence-corrected chi connectivity index (χ0v) is 12.0. The normalized spacial score (nSPS) is 15.3. The van der Waals surface area contributed by atoms with E-state index in [0.717, 1.165) is 18.7 Å². The molecule has 1 aliphatic carbocycles. The first kappa shape index (κ1) is 13.6. The second kappa shape index (κ2) is 4.31. The summed E-state index contributed by atoms with van der Waals surface area (Å²) in [5, 5.41) is 9.15. The largest absolute Gasteiger partial charge is 0.478 e. The van der Waals surface area contributed by atoms with Gasteiger partial charge >= 0.3 is 5.97 Å². The summed E-state index contributed by atoms with van der Waals surface area (Å²) in [4.78, 5) is 27.6. The van der Waals surface area contributed by atoms with E-state index >= 15 is 0 Å². The highest BCUT2D eigenvalue weighted by molar-refractivity contribution is 5.93. The van der Waals surface area contributed by atoms with Crippen LogP contribution in [0.1, 0.15) is 48.8 Å². The van der Waals surface area contributed by atoms with Gasteiger partial charge in [0.2, 0.25) is 5.91 Å². The van der Waals surface area contributed by atoms with Gasteiger partial charge in [-0.05, 0) is 44.9 Å². The van der Waals surface area contributed by atoms with Crippen LogP contribution in [-0.2, 0) is 10.3 Å². The maximum absolute atomic E-state index is 11.8. The molecular formula is C15H17N3O3. The van der Waals surface area contributed by atoms with E-state index in [2.05, 4.69) is 4.98 Å². The van der Waals surface area contributed by atoms with Crippen LogP contribution in [0.3, 0.4) is 0 Å². The Morgan fingerprint density at radius 3 is 2.57 bits per heavy atom. The molecule has 110 valence electrons. The van der Waals surface area contributed by atoms with Crippen molar-refractivity contribution in [2.24, 2.45) is 5.73 Å². The SMILES string of the molecule is CC(C)(C(N)=O)n1c(C2CC2)nc2ccc(C(=O)O)cc21. The van der Waals surface area contributed by atoms with Crippen LogP contribution in [0.15, 0.2) is 18.2 Å². The Balaban J connectivity index is 2.31. The average Bonchev–Trinajstić information content (AvgIpc) is 3.17. The summed E-state index contributed by atoms with van der Waals surface area (Å²) in [7, 11) is 0. The molecule has 1 aliphatic rings. The van der Waals surface area contributed by atoms with Gasteiger partial charge < -0.3 is 15.4 Å². The van der Waals surface area contributed by atoms with Crippen molar-refractivity contribution in [1.82, 2.24) is 9.55 Å². The predicted octanol–water partition coefficient (Wildman–Crippen LogP) is 1.83. The van der Waals surface area contributed by atoms with Crippen molar-refractivity contribution in [3.8, 4) is 0 Å². The number of carboxylic acid groups (broad SMARTS) is 1. The maximum Gasteiger partial charge on any atom is 0.335 e. The number of carboxylic acids is 1. The van der Waals surface area contributed by atoms with Crippen LogP contribution in [-0.4, -0.2) is 26.5 Å². The molecular weight excluding hydrogens is 270 g/mol. The van der Waals surface area contributed by atoms with E-state index in [-0.39, 0.29) is 5.56 Å². The molecule has 0 bridgehead atoms. The molecule has 21 heavy (non-hydrogen) atoms. The summed E-state index contributed by atoms with van der Waals surface area (Å²) in [6.45, 7) is 3.46. The Kier molecular flexibility index (Phi) is 2.79. The van der Waals surface area contributed by atoms with Crippen molar-refractivity contribution in [1.29, 1.82) is 0 Å². The number of benzene rings is 1. The highest BCUT2D eigenvalue weighted by Crippen LogP contribution is 2.42. The lowest BCUT2D eigenvalue weighted by Gasteiger charge is -2.26. The van der Waals surface area contributed by atoms with Gasteiger partial charge in [0.05, 0.1) is 16.6 Å². The van der Waals surface area contributed by atoms with E-state index in [1.807, 2.05) is 0 Å². The molecule has 3 N–H and O–H groups in total. The molecule has 0 radical (unpaired) electrons. The Morgan fingerprint density at radius 1 is 1.38 bits per heavy atom. The molecule has 1 saturated carbocycles. The zero-order chi connectivity index (χ0) is 15.4. The van der Waals surface area contributed by atoms with Gasteiger partial charge in [-0.15, -0.1) is 0 Å². The van der Waals surface area contributed by atoms with Crippen molar-refractivity contribution in [3.05, 3.63) is 29.6 Å². The second-order valence-corrected chi connectivity index (χ2v) is 6.01. The van der Waals surface area contributed by atoms with Crippen LogP contribution in [0.25, 0.3) is 11.0 Å². The third-order valence-electron chi connectivity index (χ3n) is 4.03. The minimum atomic E-state index is -1.01. The quantitative estimate of drug-likeness (QED) is 0.896. The number of amides is 1. The van der Waals surface area contributed by atoms with Crippen LogP contribution in [0.5, 0.6) is 0 Å². The third kappa shape index (κ3) is 2.07. The molecule has 6 nitrogen and oxygen atoms in total. The van der Waals surface area contributed by atoms with E-state index in [0.29, 0.717) is 17.0 Å². The lowest BCUT2D eigenvalue weighted by Crippen LogP contribution is -2.41. The first-order valence-electron chi connectivity index (χ1n) is 6.88. The van der Waals surface area contributed by atoms with Crippen molar-refractivity contribution in [2.75, 3.05) is 0 Å². The smallest absolute Gasteiger partial charge is 0.335 e. The van der Waals surface area contributed by atoms with E-state index < -0.39 is 17.4 Å². The molecule has 0 atom stereocenters. The number of aromatic carboxylic acids is 1. The summed E-state index contributed by atoms with van der Waals surface area (Å²) in [5.41, 5.74) is 6.08. The second-order valence-electron chi connectivity index (χ2n) is 6.01. The van der Waals surface area contributed by atoms with Crippen LogP contribution in [0, 0.1) is 0 Å². The number of hydrogen-bond acceptors (Lipinski definition) is 3. The Morgan fingerprint density at radius 2 is 2.05 bits per heavy atom. The minimum Gasteiger partial charge on any atom is -0.478 e. The van der Waals surface area contributed by atoms with Gasteiger partial charge in [0.15, 0.2) is 0 Å². The molecule has 0 unspecified atom stereocenters. The Bertz CT molecular complexity index is 757. The number of hydrogen-bond donors (Lipinski definition) is 2. The van der Waals surface area contributed by atoms with Gasteiger partial charge in [0.25, 0.3) is 0 Å². The fraction of sp³-hybridized carbons (Fsp3) is 0.400. The molecule has 1 amide bonds. The minimum absolute atomic E-state index is 0.172. The third-order valence-corrected chi connectivity index (χ3v) is 4.03. The monoisotopic (exact) mass is 287 g/mol. The fourth-order valence-electron chi connectivity index (χ4n) is 2.54. The number of carbonyl (C=O) groups is 2. The van der Waals surface area contributed by atoms with E-state index in [1.165, 1.54) is 6.07 Å².